The molecule has 0 saturated heterocycles. The van der Waals surface area contributed by atoms with Crippen molar-refractivity contribution in [1.29, 1.82) is 0 Å². The zero-order valence-electron chi connectivity index (χ0n) is 13.8. The molecule has 0 saturated carbocycles. The summed E-state index contributed by atoms with van der Waals surface area (Å²) in [5.74, 6) is 6.17. The fraction of sp³-hybridized carbons (Fsp3) is 0.500. The Morgan fingerprint density at radius 1 is 1.00 bits per heavy atom. The molecule has 23 heavy (non-hydrogen) atoms. The summed E-state index contributed by atoms with van der Waals surface area (Å²) in [6.45, 7) is 4.61. The number of methoxy groups -OCH3 is 1. The number of rotatable bonds is 11. The van der Waals surface area contributed by atoms with Crippen LogP contribution in [0.1, 0.15) is 30.1 Å². The second-order valence-electron chi connectivity index (χ2n) is 4.62. The zero-order chi connectivity index (χ0) is 16.8. The number of carbonyl (C=O) groups is 1. The van der Waals surface area contributed by atoms with Gasteiger partial charge in [0.2, 0.25) is 0 Å². The molecule has 0 heterocycles. The number of ether oxygens (including phenoxy) is 4. The van der Waals surface area contributed by atoms with Gasteiger partial charge in [-0.15, -0.1) is 11.8 Å². The molecule has 1 aromatic carbocycles. The molecule has 0 aliphatic rings. The summed E-state index contributed by atoms with van der Waals surface area (Å²) in [5.41, 5.74) is 0.498. The van der Waals surface area contributed by atoms with Gasteiger partial charge in [-0.1, -0.05) is 0 Å². The van der Waals surface area contributed by atoms with E-state index in [1.165, 1.54) is 7.11 Å². The first-order chi connectivity index (χ1) is 11.3. The lowest BCUT2D eigenvalue weighted by Gasteiger charge is -2.08. The zero-order valence-corrected chi connectivity index (χ0v) is 13.8. The van der Waals surface area contributed by atoms with Crippen molar-refractivity contribution >= 4 is 5.97 Å². The summed E-state index contributed by atoms with van der Waals surface area (Å²) in [7, 11) is 1.35. The maximum absolute atomic E-state index is 11.3. The van der Waals surface area contributed by atoms with Crippen molar-refractivity contribution in [1.82, 2.24) is 0 Å². The second-order valence-corrected chi connectivity index (χ2v) is 4.62. The molecule has 0 unspecified atom stereocenters. The number of unbranched alkanes of at least 4 members (excludes halogenated alkanes) is 1. The van der Waals surface area contributed by atoms with Crippen LogP contribution in [-0.4, -0.2) is 46.1 Å². The van der Waals surface area contributed by atoms with Crippen molar-refractivity contribution in [2.75, 3.05) is 40.1 Å². The Morgan fingerprint density at radius 3 is 2.30 bits per heavy atom. The van der Waals surface area contributed by atoms with Gasteiger partial charge in [-0.05, 0) is 37.6 Å². The van der Waals surface area contributed by atoms with Gasteiger partial charge in [0, 0.05) is 13.0 Å². The van der Waals surface area contributed by atoms with Gasteiger partial charge in [0.15, 0.2) is 0 Å². The van der Waals surface area contributed by atoms with E-state index in [4.69, 9.17) is 14.2 Å². The molecule has 0 atom stereocenters. The van der Waals surface area contributed by atoms with Crippen molar-refractivity contribution in [2.45, 2.75) is 19.8 Å². The van der Waals surface area contributed by atoms with Gasteiger partial charge < -0.3 is 18.9 Å². The molecule has 0 aromatic heterocycles. The van der Waals surface area contributed by atoms with Crippen LogP contribution in [0.25, 0.3) is 0 Å². The van der Waals surface area contributed by atoms with Gasteiger partial charge in [0.25, 0.3) is 0 Å². The smallest absolute Gasteiger partial charge is 0.337 e. The summed E-state index contributed by atoms with van der Waals surface area (Å²) in [6, 6.07) is 6.79. The third kappa shape index (κ3) is 8.87. The molecule has 1 aromatic rings. The number of esters is 1. The second kappa shape index (κ2) is 12.5. The maximum atomic E-state index is 11.3. The lowest BCUT2D eigenvalue weighted by atomic mass is 10.2. The van der Waals surface area contributed by atoms with Gasteiger partial charge in [-0.25, -0.2) is 4.79 Å². The van der Waals surface area contributed by atoms with Crippen LogP contribution in [0.3, 0.4) is 0 Å². The summed E-state index contributed by atoms with van der Waals surface area (Å²) in [5, 5.41) is 0. The lowest BCUT2D eigenvalue weighted by Crippen LogP contribution is -2.11. The highest BCUT2D eigenvalue weighted by Gasteiger charge is 2.04. The van der Waals surface area contributed by atoms with Crippen LogP contribution in [-0.2, 0) is 14.2 Å². The molecule has 0 bridgehead atoms. The van der Waals surface area contributed by atoms with Crippen LogP contribution in [0.5, 0.6) is 5.75 Å². The summed E-state index contributed by atoms with van der Waals surface area (Å²) < 4.78 is 21.0. The normalized spacial score (nSPS) is 9.83. The summed E-state index contributed by atoms with van der Waals surface area (Å²) in [6.07, 6.45) is 1.82. The lowest BCUT2D eigenvalue weighted by molar-refractivity contribution is 0.0360. The molecule has 0 amide bonds. The number of carbonyl (C=O) groups excluding carboxylic acids is 1. The molecule has 0 aliphatic heterocycles. The fourth-order valence-electron chi connectivity index (χ4n) is 1.73. The molecule has 126 valence electrons. The highest BCUT2D eigenvalue weighted by atomic mass is 16.5. The average molecular weight is 320 g/mol. The Kier molecular flexibility index (Phi) is 10.3. The standard InChI is InChI=1S/C18H24O5/c1-3-4-5-6-11-21-12-13-22-14-15-23-17-9-7-16(8-10-17)18(19)20-2/h7-10H,5-6,11-15H2,1-2H3. The number of benzene rings is 1. The van der Waals surface area contributed by atoms with Crippen molar-refractivity contribution in [3.63, 3.8) is 0 Å². The van der Waals surface area contributed by atoms with Gasteiger partial charge in [0.05, 0.1) is 32.5 Å². The molecule has 5 nitrogen and oxygen atoms in total. The maximum Gasteiger partial charge on any atom is 0.337 e. The quantitative estimate of drug-likeness (QED) is 0.356. The van der Waals surface area contributed by atoms with E-state index in [9.17, 15) is 4.79 Å². The monoisotopic (exact) mass is 320 g/mol. The van der Waals surface area contributed by atoms with Crippen LogP contribution in [0.4, 0.5) is 0 Å². The molecule has 1 rings (SSSR count). The molecular formula is C18H24O5. The molecule has 0 N–H and O–H groups in total. The predicted molar refractivity (Wildman–Crippen MR) is 87.6 cm³/mol. The number of hydrogen-bond acceptors (Lipinski definition) is 5. The first-order valence-electron chi connectivity index (χ1n) is 7.64. The van der Waals surface area contributed by atoms with E-state index >= 15 is 0 Å². The first-order valence-corrected chi connectivity index (χ1v) is 7.64. The van der Waals surface area contributed by atoms with Crippen LogP contribution < -0.4 is 4.74 Å². The van der Waals surface area contributed by atoms with Crippen LogP contribution in [0.2, 0.25) is 0 Å². The average Bonchev–Trinajstić information content (AvgIpc) is 2.59. The Labute approximate surface area is 137 Å². The largest absolute Gasteiger partial charge is 0.491 e. The van der Waals surface area contributed by atoms with E-state index in [1.54, 1.807) is 24.3 Å². The van der Waals surface area contributed by atoms with Crippen molar-refractivity contribution in [2.24, 2.45) is 0 Å². The Hall–Kier alpha value is -2.03. The molecule has 0 radical (unpaired) electrons. The van der Waals surface area contributed by atoms with Gasteiger partial charge in [-0.2, -0.15) is 0 Å². The van der Waals surface area contributed by atoms with E-state index in [2.05, 4.69) is 16.6 Å². The van der Waals surface area contributed by atoms with Crippen molar-refractivity contribution < 1.29 is 23.7 Å². The van der Waals surface area contributed by atoms with E-state index in [1.807, 2.05) is 6.92 Å². The van der Waals surface area contributed by atoms with Gasteiger partial charge in [0.1, 0.15) is 12.4 Å². The minimum Gasteiger partial charge on any atom is -0.491 e. The highest BCUT2D eigenvalue weighted by Crippen LogP contribution is 2.12. The van der Waals surface area contributed by atoms with E-state index in [0.29, 0.717) is 44.3 Å². The fourth-order valence-corrected chi connectivity index (χ4v) is 1.73. The molecular weight excluding hydrogens is 296 g/mol. The minimum absolute atomic E-state index is 0.360. The van der Waals surface area contributed by atoms with E-state index < -0.39 is 0 Å². The molecule has 0 aliphatic carbocycles. The Bertz CT molecular complexity index is 498. The Morgan fingerprint density at radius 2 is 1.65 bits per heavy atom. The Balaban J connectivity index is 2.00. The topological polar surface area (TPSA) is 54.0 Å². The van der Waals surface area contributed by atoms with Crippen molar-refractivity contribution in [3.8, 4) is 17.6 Å². The first kappa shape index (κ1) is 19.0. The SMILES string of the molecule is CC#CCCCOCCOCCOc1ccc(C(=O)OC)cc1. The summed E-state index contributed by atoms with van der Waals surface area (Å²) >= 11 is 0. The third-order valence-corrected chi connectivity index (χ3v) is 2.91. The van der Waals surface area contributed by atoms with Gasteiger partial charge in [-0.3, -0.25) is 0 Å². The van der Waals surface area contributed by atoms with E-state index in [0.717, 1.165) is 12.8 Å². The van der Waals surface area contributed by atoms with Crippen LogP contribution in [0, 0.1) is 11.8 Å². The molecule has 0 spiro atoms. The van der Waals surface area contributed by atoms with Crippen LogP contribution in [0.15, 0.2) is 24.3 Å². The minimum atomic E-state index is -0.360. The molecule has 0 fully saturated rings. The summed E-state index contributed by atoms with van der Waals surface area (Å²) in [4.78, 5) is 11.3. The highest BCUT2D eigenvalue weighted by molar-refractivity contribution is 5.89. The van der Waals surface area contributed by atoms with Crippen LogP contribution >= 0.6 is 0 Å². The number of hydrogen-bond donors (Lipinski definition) is 0. The molecule has 5 heteroatoms. The predicted octanol–water partition coefficient (Wildman–Crippen LogP) is 2.69. The van der Waals surface area contributed by atoms with Gasteiger partial charge >= 0.3 is 5.97 Å². The van der Waals surface area contributed by atoms with Crippen molar-refractivity contribution in [3.05, 3.63) is 29.8 Å². The van der Waals surface area contributed by atoms with E-state index in [-0.39, 0.29) is 5.97 Å². The third-order valence-electron chi connectivity index (χ3n) is 2.91.